The summed E-state index contributed by atoms with van der Waals surface area (Å²) in [6.07, 6.45) is 8.13. The summed E-state index contributed by atoms with van der Waals surface area (Å²) in [5.74, 6) is 3.22. The van der Waals surface area contributed by atoms with Gasteiger partial charge in [-0.1, -0.05) is 85.1 Å². The Kier molecular flexibility index (Phi) is 11.7. The molecule has 0 saturated carbocycles. The Morgan fingerprint density at radius 1 is 0.556 bits per heavy atom. The molecular formula is C24H46P2S. The highest BCUT2D eigenvalue weighted by molar-refractivity contribution is 7.73. The molecular weight excluding hydrogens is 382 g/mol. The first kappa shape index (κ1) is 25.6. The smallest absolute Gasteiger partial charge is 0.0129 e. The van der Waals surface area contributed by atoms with E-state index in [1.54, 1.807) is 9.75 Å². The van der Waals surface area contributed by atoms with Crippen LogP contribution < -0.4 is 10.6 Å². The molecule has 1 aromatic heterocycles. The van der Waals surface area contributed by atoms with E-state index in [4.69, 9.17) is 0 Å². The van der Waals surface area contributed by atoms with Crippen LogP contribution in [0.2, 0.25) is 0 Å². The number of hydrogen-bond acceptors (Lipinski definition) is 1. The summed E-state index contributed by atoms with van der Waals surface area (Å²) in [6.45, 7) is 24.2. The number of thiophene rings is 1. The van der Waals surface area contributed by atoms with Gasteiger partial charge in [-0.05, 0) is 71.8 Å². The first-order chi connectivity index (χ1) is 12.6. The summed E-state index contributed by atoms with van der Waals surface area (Å²) in [5, 5.41) is 3.79. The van der Waals surface area contributed by atoms with Gasteiger partial charge in [0.15, 0.2) is 0 Å². The van der Waals surface area contributed by atoms with Crippen LogP contribution in [-0.2, 0) is 12.8 Å². The number of rotatable bonds is 12. The number of hydrogen-bond donors (Lipinski definition) is 0. The first-order valence-electron chi connectivity index (χ1n) is 11.2. The van der Waals surface area contributed by atoms with Gasteiger partial charge < -0.3 is 0 Å². The molecule has 1 rings (SSSR count). The molecule has 0 radical (unpaired) electrons. The van der Waals surface area contributed by atoms with Crippen LogP contribution in [0.4, 0.5) is 0 Å². The highest BCUT2D eigenvalue weighted by Gasteiger charge is 2.29. The zero-order valence-corrected chi connectivity index (χ0v) is 22.5. The zero-order valence-electron chi connectivity index (χ0n) is 19.9. The Morgan fingerprint density at radius 3 is 1.00 bits per heavy atom. The van der Waals surface area contributed by atoms with Gasteiger partial charge in [0.25, 0.3) is 0 Å². The van der Waals surface area contributed by atoms with Crippen LogP contribution in [0.5, 0.6) is 0 Å². The molecule has 0 aromatic carbocycles. The van der Waals surface area contributed by atoms with Gasteiger partial charge in [0, 0.05) is 9.75 Å². The third kappa shape index (κ3) is 8.07. The lowest BCUT2D eigenvalue weighted by Gasteiger charge is -2.29. The van der Waals surface area contributed by atoms with Crippen molar-refractivity contribution in [3.05, 3.63) is 9.75 Å². The fraction of sp³-hybridized carbons (Fsp3) is 0.833. The van der Waals surface area contributed by atoms with Crippen LogP contribution in [0, 0.1) is 23.7 Å². The van der Waals surface area contributed by atoms with Gasteiger partial charge in [0.05, 0.1) is 0 Å². The molecule has 3 heteroatoms. The third-order valence-electron chi connectivity index (χ3n) is 4.62. The Balaban J connectivity index is 3.55. The van der Waals surface area contributed by atoms with E-state index in [1.807, 2.05) is 10.6 Å². The zero-order chi connectivity index (χ0) is 20.7. The van der Waals surface area contributed by atoms with Crippen molar-refractivity contribution in [1.82, 2.24) is 0 Å². The Hall–Kier alpha value is 0.560. The second-order valence-corrected chi connectivity index (χ2v) is 15.4. The third-order valence-corrected chi connectivity index (χ3v) is 13.5. The highest BCUT2D eigenvalue weighted by atomic mass is 32.1. The van der Waals surface area contributed by atoms with Gasteiger partial charge in [-0.3, -0.25) is 0 Å². The van der Waals surface area contributed by atoms with E-state index in [2.05, 4.69) is 80.6 Å². The van der Waals surface area contributed by atoms with Crippen molar-refractivity contribution in [2.75, 3.05) is 24.6 Å². The minimum Gasteiger partial charge on any atom is -0.144 e. The van der Waals surface area contributed by atoms with Gasteiger partial charge in [-0.15, -0.1) is 11.3 Å². The summed E-state index contributed by atoms with van der Waals surface area (Å²) in [5.41, 5.74) is 0. The Morgan fingerprint density at radius 2 is 0.815 bits per heavy atom. The lowest BCUT2D eigenvalue weighted by molar-refractivity contribution is 0.720. The molecule has 0 saturated heterocycles. The molecule has 0 unspecified atom stereocenters. The van der Waals surface area contributed by atoms with E-state index in [9.17, 15) is 0 Å². The molecule has 1 aromatic rings. The molecule has 0 amide bonds. The van der Waals surface area contributed by atoms with Gasteiger partial charge in [-0.2, -0.15) is 0 Å². The highest BCUT2D eigenvalue weighted by Crippen LogP contribution is 2.48. The van der Waals surface area contributed by atoms with E-state index >= 15 is 0 Å². The molecule has 0 bridgehead atoms. The van der Waals surface area contributed by atoms with E-state index in [1.165, 1.54) is 37.5 Å². The minimum atomic E-state index is -0.0228. The summed E-state index contributed by atoms with van der Waals surface area (Å²) in [7, 11) is -0.0456. The Labute approximate surface area is 177 Å². The normalized spacial score (nSPS) is 12.7. The van der Waals surface area contributed by atoms with E-state index < -0.39 is 0 Å². The van der Waals surface area contributed by atoms with E-state index in [-0.39, 0.29) is 15.8 Å². The van der Waals surface area contributed by atoms with Crippen LogP contribution in [0.1, 0.15) is 79.0 Å². The summed E-state index contributed by atoms with van der Waals surface area (Å²) in [6, 6.07) is 0. The van der Waals surface area contributed by atoms with Crippen LogP contribution >= 0.6 is 27.2 Å². The molecule has 0 aliphatic heterocycles. The topological polar surface area (TPSA) is 0 Å². The number of aryl methyl sites for hydroxylation is 2. The molecule has 0 aliphatic rings. The van der Waals surface area contributed by atoms with Crippen molar-refractivity contribution >= 4 is 37.8 Å². The molecule has 0 atom stereocenters. The maximum atomic E-state index is 2.43. The largest absolute Gasteiger partial charge is 0.144 e. The maximum absolute atomic E-state index is 2.43. The monoisotopic (exact) mass is 428 g/mol. The van der Waals surface area contributed by atoms with Crippen molar-refractivity contribution in [2.24, 2.45) is 23.7 Å². The van der Waals surface area contributed by atoms with Gasteiger partial charge in [0.2, 0.25) is 0 Å². The van der Waals surface area contributed by atoms with Gasteiger partial charge >= 0.3 is 0 Å². The summed E-state index contributed by atoms with van der Waals surface area (Å²) < 4.78 is 0. The van der Waals surface area contributed by atoms with Crippen LogP contribution in [0.15, 0.2) is 0 Å². The van der Waals surface area contributed by atoms with E-state index in [0.717, 1.165) is 23.7 Å². The van der Waals surface area contributed by atoms with Crippen molar-refractivity contribution < 1.29 is 0 Å². The first-order valence-corrected chi connectivity index (χ1v) is 15.5. The van der Waals surface area contributed by atoms with Crippen molar-refractivity contribution in [3.8, 4) is 0 Å². The standard InChI is InChI=1S/C24H46P2S/c1-11-21-23(25(13-17(3)4)14-18(5)6)24(22(12-2)27-21)26(15-19(7)8)16-20(9)10/h17-20H,11-16H2,1-10H3. The van der Waals surface area contributed by atoms with Crippen molar-refractivity contribution in [3.63, 3.8) is 0 Å². The van der Waals surface area contributed by atoms with E-state index in [0.29, 0.717) is 0 Å². The summed E-state index contributed by atoms with van der Waals surface area (Å²) >= 11 is 2.18. The maximum Gasteiger partial charge on any atom is 0.0129 e. The Bertz CT molecular complexity index is 476. The van der Waals surface area contributed by atoms with Gasteiger partial charge in [-0.25, -0.2) is 0 Å². The molecule has 0 N–H and O–H groups in total. The molecule has 0 spiro atoms. The molecule has 0 nitrogen and oxygen atoms in total. The second kappa shape index (κ2) is 12.3. The average Bonchev–Trinajstić information content (AvgIpc) is 2.90. The molecule has 1 heterocycles. The fourth-order valence-corrected chi connectivity index (χ4v) is 13.4. The van der Waals surface area contributed by atoms with Crippen LogP contribution in [-0.4, -0.2) is 24.6 Å². The molecule has 0 aliphatic carbocycles. The van der Waals surface area contributed by atoms with Crippen LogP contribution in [0.25, 0.3) is 0 Å². The SMILES string of the molecule is CCc1sc(CC)c(P(CC(C)C)CC(C)C)c1P(CC(C)C)CC(C)C. The quantitative estimate of drug-likeness (QED) is 0.299. The molecule has 0 fully saturated rings. The predicted molar refractivity (Wildman–Crippen MR) is 135 cm³/mol. The lowest BCUT2D eigenvalue weighted by atomic mass is 10.3. The predicted octanol–water partition coefficient (Wildman–Crippen LogP) is 7.71. The second-order valence-electron chi connectivity index (χ2n) is 9.74. The van der Waals surface area contributed by atoms with Crippen molar-refractivity contribution in [2.45, 2.75) is 82.1 Å². The minimum absolute atomic E-state index is 0.0228. The molecule has 27 heavy (non-hydrogen) atoms. The average molecular weight is 429 g/mol. The van der Waals surface area contributed by atoms with Crippen molar-refractivity contribution in [1.29, 1.82) is 0 Å². The lowest BCUT2D eigenvalue weighted by Crippen LogP contribution is -2.29. The molecule has 158 valence electrons. The summed E-state index contributed by atoms with van der Waals surface area (Å²) in [4.78, 5) is 3.49. The fourth-order valence-electron chi connectivity index (χ4n) is 3.92. The van der Waals surface area contributed by atoms with Crippen LogP contribution in [0.3, 0.4) is 0 Å². The van der Waals surface area contributed by atoms with Gasteiger partial charge in [0.1, 0.15) is 0 Å².